The number of halogens is 1. The Morgan fingerprint density at radius 2 is 2.33 bits per heavy atom. The van der Waals surface area contributed by atoms with Crippen molar-refractivity contribution in [2.75, 3.05) is 19.6 Å². The number of benzene rings is 1. The normalized spacial score (nSPS) is 15.1. The fourth-order valence-corrected chi connectivity index (χ4v) is 1.82. The van der Waals surface area contributed by atoms with Crippen LogP contribution in [0.3, 0.4) is 0 Å². The first-order valence-corrected chi connectivity index (χ1v) is 5.82. The minimum atomic E-state index is -0.565. The quantitative estimate of drug-likeness (QED) is 0.706. The average Bonchev–Trinajstić information content (AvgIpc) is 2.37. The van der Waals surface area contributed by atoms with Gasteiger partial charge in [-0.2, -0.15) is 0 Å². The summed E-state index contributed by atoms with van der Waals surface area (Å²) in [5, 5.41) is 15.4. The topological polar surface area (TPSA) is 61.4 Å². The van der Waals surface area contributed by atoms with Gasteiger partial charge in [0.15, 0.2) is 0 Å². The highest BCUT2D eigenvalue weighted by atomic mass is 19.1. The van der Waals surface area contributed by atoms with Gasteiger partial charge >= 0.3 is 0 Å². The Bertz CT molecular complexity index is 486. The van der Waals surface area contributed by atoms with E-state index in [2.05, 4.69) is 10.6 Å². The van der Waals surface area contributed by atoms with Gasteiger partial charge in [0.1, 0.15) is 11.6 Å². The Labute approximate surface area is 105 Å². The predicted octanol–water partition coefficient (Wildman–Crippen LogP) is 1.18. The zero-order valence-electron chi connectivity index (χ0n) is 9.87. The van der Waals surface area contributed by atoms with Gasteiger partial charge in [0.2, 0.25) is 0 Å². The molecule has 1 aliphatic heterocycles. The number of hydrogen-bond donors (Lipinski definition) is 3. The van der Waals surface area contributed by atoms with Crippen LogP contribution in [0.1, 0.15) is 16.8 Å². The number of phenolic OH excluding ortho intramolecular Hbond substituents is 1. The molecule has 3 N–H and O–H groups in total. The lowest BCUT2D eigenvalue weighted by molar-refractivity contribution is 0.0954. The van der Waals surface area contributed by atoms with Crippen LogP contribution < -0.4 is 10.6 Å². The van der Waals surface area contributed by atoms with Gasteiger partial charge in [0, 0.05) is 19.2 Å². The summed E-state index contributed by atoms with van der Waals surface area (Å²) in [5.74, 6) is -1.30. The summed E-state index contributed by atoms with van der Waals surface area (Å²) in [6.07, 6.45) is 2.93. The van der Waals surface area contributed by atoms with Gasteiger partial charge in [-0.25, -0.2) is 4.39 Å². The van der Waals surface area contributed by atoms with Gasteiger partial charge in [-0.3, -0.25) is 4.79 Å². The van der Waals surface area contributed by atoms with E-state index in [0.717, 1.165) is 37.2 Å². The molecule has 4 nitrogen and oxygen atoms in total. The van der Waals surface area contributed by atoms with Crippen LogP contribution in [0.4, 0.5) is 4.39 Å². The van der Waals surface area contributed by atoms with Gasteiger partial charge in [-0.1, -0.05) is 11.6 Å². The van der Waals surface area contributed by atoms with E-state index in [9.17, 15) is 14.3 Å². The highest BCUT2D eigenvalue weighted by Crippen LogP contribution is 2.17. The van der Waals surface area contributed by atoms with Crippen LogP contribution in [0.25, 0.3) is 0 Å². The Balaban J connectivity index is 1.97. The molecule has 1 aliphatic rings. The van der Waals surface area contributed by atoms with Crippen molar-refractivity contribution in [1.82, 2.24) is 10.6 Å². The van der Waals surface area contributed by atoms with Gasteiger partial charge in [-0.05, 0) is 25.1 Å². The molecule has 0 radical (unpaired) electrons. The van der Waals surface area contributed by atoms with E-state index < -0.39 is 11.7 Å². The number of carbonyl (C=O) groups excluding carboxylic acids is 1. The zero-order chi connectivity index (χ0) is 13.0. The van der Waals surface area contributed by atoms with Crippen molar-refractivity contribution >= 4 is 5.91 Å². The lowest BCUT2D eigenvalue weighted by Gasteiger charge is -2.14. The van der Waals surface area contributed by atoms with Crippen molar-refractivity contribution < 1.29 is 14.3 Å². The highest BCUT2D eigenvalue weighted by Gasteiger charge is 2.12. The van der Waals surface area contributed by atoms with Crippen molar-refractivity contribution in [1.29, 1.82) is 0 Å². The number of carbonyl (C=O) groups is 1. The molecule has 0 fully saturated rings. The van der Waals surface area contributed by atoms with Crippen LogP contribution in [0, 0.1) is 5.82 Å². The molecule has 0 unspecified atom stereocenters. The molecule has 96 valence electrons. The number of amides is 1. The lowest BCUT2D eigenvalue weighted by Crippen LogP contribution is -2.29. The minimum absolute atomic E-state index is 0.0888. The first kappa shape index (κ1) is 12.6. The number of nitrogens with one attached hydrogen (secondary N) is 2. The van der Waals surface area contributed by atoms with Gasteiger partial charge < -0.3 is 15.7 Å². The third kappa shape index (κ3) is 3.07. The van der Waals surface area contributed by atoms with Crippen LogP contribution in [0.5, 0.6) is 5.75 Å². The fraction of sp³-hybridized carbons (Fsp3) is 0.308. The van der Waals surface area contributed by atoms with E-state index in [1.165, 1.54) is 6.07 Å². The minimum Gasteiger partial charge on any atom is -0.507 e. The second-order valence-electron chi connectivity index (χ2n) is 4.16. The summed E-state index contributed by atoms with van der Waals surface area (Å²) in [6, 6.07) is 3.36. The molecule has 5 heteroatoms. The van der Waals surface area contributed by atoms with Crippen molar-refractivity contribution in [2.24, 2.45) is 0 Å². The van der Waals surface area contributed by atoms with Crippen LogP contribution >= 0.6 is 0 Å². The van der Waals surface area contributed by atoms with E-state index in [1.807, 2.05) is 6.08 Å². The first-order valence-electron chi connectivity index (χ1n) is 5.82. The summed E-state index contributed by atoms with van der Waals surface area (Å²) in [5.41, 5.74) is 1.25. The van der Waals surface area contributed by atoms with Gasteiger partial charge in [0.25, 0.3) is 5.91 Å². The molecule has 0 bridgehead atoms. The summed E-state index contributed by atoms with van der Waals surface area (Å²) < 4.78 is 12.8. The third-order valence-corrected chi connectivity index (χ3v) is 2.84. The summed E-state index contributed by atoms with van der Waals surface area (Å²) in [6.45, 7) is 2.17. The van der Waals surface area contributed by atoms with E-state index >= 15 is 0 Å². The lowest BCUT2D eigenvalue weighted by atomic mass is 10.1. The van der Waals surface area contributed by atoms with E-state index in [-0.39, 0.29) is 11.3 Å². The maximum absolute atomic E-state index is 12.8. The smallest absolute Gasteiger partial charge is 0.255 e. The Hall–Kier alpha value is -1.88. The molecular weight excluding hydrogens is 235 g/mol. The largest absolute Gasteiger partial charge is 0.507 e. The van der Waals surface area contributed by atoms with Crippen molar-refractivity contribution in [3.8, 4) is 5.75 Å². The number of hydrogen-bond acceptors (Lipinski definition) is 3. The van der Waals surface area contributed by atoms with Crippen molar-refractivity contribution in [3.63, 3.8) is 0 Å². The second kappa shape index (κ2) is 5.64. The molecule has 1 amide bonds. The first-order chi connectivity index (χ1) is 8.66. The predicted molar refractivity (Wildman–Crippen MR) is 66.0 cm³/mol. The SMILES string of the molecule is O=C(NCC1=CCNCC1)c1ccc(F)cc1O. The standard InChI is InChI=1S/C13H15FN2O2/c14-10-1-2-11(12(17)7-10)13(18)16-8-9-3-5-15-6-4-9/h1-3,7,15,17H,4-6,8H2,(H,16,18). The number of aromatic hydroxyl groups is 1. The number of phenols is 1. The Morgan fingerprint density at radius 3 is 3.00 bits per heavy atom. The van der Waals surface area contributed by atoms with Crippen LogP contribution in [-0.4, -0.2) is 30.6 Å². The van der Waals surface area contributed by atoms with Crippen LogP contribution in [-0.2, 0) is 0 Å². The molecule has 2 rings (SSSR count). The van der Waals surface area contributed by atoms with Crippen molar-refractivity contribution in [3.05, 3.63) is 41.2 Å². The molecule has 0 atom stereocenters. The zero-order valence-corrected chi connectivity index (χ0v) is 9.87. The average molecular weight is 250 g/mol. The summed E-state index contributed by atoms with van der Waals surface area (Å²) >= 11 is 0. The molecular formula is C13H15FN2O2. The van der Waals surface area contributed by atoms with Gasteiger partial charge in [-0.15, -0.1) is 0 Å². The maximum atomic E-state index is 12.8. The van der Waals surface area contributed by atoms with Crippen LogP contribution in [0.15, 0.2) is 29.8 Å². The fourth-order valence-electron chi connectivity index (χ4n) is 1.82. The molecule has 0 spiro atoms. The monoisotopic (exact) mass is 250 g/mol. The van der Waals surface area contributed by atoms with Crippen molar-refractivity contribution in [2.45, 2.75) is 6.42 Å². The summed E-state index contributed by atoms with van der Waals surface area (Å²) in [7, 11) is 0. The molecule has 1 heterocycles. The van der Waals surface area contributed by atoms with E-state index in [0.29, 0.717) is 6.54 Å². The third-order valence-electron chi connectivity index (χ3n) is 2.84. The molecule has 1 aromatic carbocycles. The molecule has 0 saturated carbocycles. The molecule has 0 saturated heterocycles. The maximum Gasteiger partial charge on any atom is 0.255 e. The molecule has 0 aromatic heterocycles. The van der Waals surface area contributed by atoms with E-state index in [4.69, 9.17) is 0 Å². The van der Waals surface area contributed by atoms with E-state index in [1.54, 1.807) is 0 Å². The molecule has 18 heavy (non-hydrogen) atoms. The van der Waals surface area contributed by atoms with Crippen LogP contribution in [0.2, 0.25) is 0 Å². The molecule has 0 aliphatic carbocycles. The summed E-state index contributed by atoms with van der Waals surface area (Å²) in [4.78, 5) is 11.8. The number of rotatable bonds is 3. The Morgan fingerprint density at radius 1 is 1.50 bits per heavy atom. The second-order valence-corrected chi connectivity index (χ2v) is 4.16. The highest BCUT2D eigenvalue weighted by molar-refractivity contribution is 5.96. The Kier molecular flexibility index (Phi) is 3.94. The van der Waals surface area contributed by atoms with Gasteiger partial charge in [0.05, 0.1) is 5.56 Å². The molecule has 1 aromatic rings.